The molecule has 1 heterocycles. The topological polar surface area (TPSA) is 46.5 Å². The van der Waals surface area contributed by atoms with Crippen LogP contribution in [0.1, 0.15) is 18.6 Å². The average Bonchev–Trinajstić information content (AvgIpc) is 2.47. The first-order valence-corrected chi connectivity index (χ1v) is 4.36. The van der Waals surface area contributed by atoms with E-state index in [-0.39, 0.29) is 5.76 Å². The number of benzene rings is 1. The van der Waals surface area contributed by atoms with Crippen LogP contribution in [0.25, 0.3) is 0 Å². The predicted molar refractivity (Wildman–Crippen MR) is 50.6 cm³/mol. The van der Waals surface area contributed by atoms with Gasteiger partial charge in [-0.15, -0.1) is 0 Å². The molecule has 2 rings (SSSR count). The second kappa shape index (κ2) is 3.18. The van der Waals surface area contributed by atoms with Crippen molar-refractivity contribution in [2.24, 2.45) is 0 Å². The van der Waals surface area contributed by atoms with E-state index in [0.717, 1.165) is 5.56 Å². The molecule has 72 valence electrons. The number of carbonyl (C=O) groups is 1. The predicted octanol–water partition coefficient (Wildman–Crippen LogP) is 2.12. The highest BCUT2D eigenvalue weighted by molar-refractivity contribution is 5.91. The maximum Gasteiger partial charge on any atom is 0.338 e. The molecule has 1 atom stereocenters. The third kappa shape index (κ3) is 1.27. The summed E-state index contributed by atoms with van der Waals surface area (Å²) in [4.78, 5) is 11.1. The third-order valence-corrected chi connectivity index (χ3v) is 2.27. The molecular formula is C11H10O3. The molecule has 0 aromatic heterocycles. The standard InChI is InChI=1S/C11H10O3/c1-7-9(12)10(14-11(7)13)8-5-3-2-4-6-8/h2-6,10,12H,1H3/t10-/m0/s1. The number of hydrogen-bond donors (Lipinski definition) is 1. The molecule has 1 N–H and O–H groups in total. The molecule has 1 aliphatic heterocycles. The Morgan fingerprint density at radius 1 is 1.29 bits per heavy atom. The summed E-state index contributed by atoms with van der Waals surface area (Å²) < 4.78 is 5.01. The van der Waals surface area contributed by atoms with Crippen molar-refractivity contribution in [3.05, 3.63) is 47.2 Å². The van der Waals surface area contributed by atoms with Gasteiger partial charge < -0.3 is 9.84 Å². The molecule has 0 saturated carbocycles. The maximum atomic E-state index is 11.1. The van der Waals surface area contributed by atoms with Gasteiger partial charge >= 0.3 is 5.97 Å². The fourth-order valence-electron chi connectivity index (χ4n) is 1.41. The summed E-state index contributed by atoms with van der Waals surface area (Å²) in [6, 6.07) is 9.17. The zero-order valence-corrected chi connectivity index (χ0v) is 7.73. The molecular weight excluding hydrogens is 180 g/mol. The summed E-state index contributed by atoms with van der Waals surface area (Å²) in [5.74, 6) is -0.433. The molecule has 0 fully saturated rings. The van der Waals surface area contributed by atoms with Crippen LogP contribution in [0.15, 0.2) is 41.7 Å². The first-order valence-electron chi connectivity index (χ1n) is 4.36. The summed E-state index contributed by atoms with van der Waals surface area (Å²) in [5.41, 5.74) is 1.08. The number of rotatable bonds is 1. The van der Waals surface area contributed by atoms with Crippen molar-refractivity contribution >= 4 is 5.97 Å². The highest BCUT2D eigenvalue weighted by Gasteiger charge is 2.32. The summed E-state index contributed by atoms with van der Waals surface area (Å²) in [6.07, 6.45) is -0.622. The highest BCUT2D eigenvalue weighted by atomic mass is 16.6. The lowest BCUT2D eigenvalue weighted by Gasteiger charge is -2.09. The quantitative estimate of drug-likeness (QED) is 0.690. The van der Waals surface area contributed by atoms with Crippen LogP contribution in [0, 0.1) is 0 Å². The van der Waals surface area contributed by atoms with E-state index in [2.05, 4.69) is 0 Å². The van der Waals surface area contributed by atoms with Crippen LogP contribution in [-0.2, 0) is 9.53 Å². The van der Waals surface area contributed by atoms with E-state index in [1.807, 2.05) is 30.3 Å². The lowest BCUT2D eigenvalue weighted by Crippen LogP contribution is -2.02. The zero-order valence-electron chi connectivity index (χ0n) is 7.73. The molecule has 1 aromatic rings. The molecule has 0 bridgehead atoms. The molecule has 3 nitrogen and oxygen atoms in total. The molecule has 3 heteroatoms. The zero-order chi connectivity index (χ0) is 10.1. The van der Waals surface area contributed by atoms with Crippen molar-refractivity contribution < 1.29 is 14.6 Å². The number of carbonyl (C=O) groups excluding carboxylic acids is 1. The van der Waals surface area contributed by atoms with E-state index < -0.39 is 12.1 Å². The van der Waals surface area contributed by atoms with Crippen LogP contribution < -0.4 is 0 Å². The fourth-order valence-corrected chi connectivity index (χ4v) is 1.41. The van der Waals surface area contributed by atoms with Crippen molar-refractivity contribution in [3.8, 4) is 0 Å². The smallest absolute Gasteiger partial charge is 0.338 e. The lowest BCUT2D eigenvalue weighted by atomic mass is 10.1. The molecule has 0 unspecified atom stereocenters. The number of esters is 1. The second-order valence-corrected chi connectivity index (χ2v) is 3.21. The Bertz CT molecular complexity index is 392. The number of aliphatic hydroxyl groups is 1. The molecule has 0 saturated heterocycles. The Hall–Kier alpha value is -1.77. The number of aliphatic hydroxyl groups excluding tert-OH is 1. The van der Waals surface area contributed by atoms with Crippen LogP contribution in [0.3, 0.4) is 0 Å². The van der Waals surface area contributed by atoms with Crippen LogP contribution in [0.2, 0.25) is 0 Å². The van der Waals surface area contributed by atoms with Gasteiger partial charge in [0.25, 0.3) is 0 Å². The Morgan fingerprint density at radius 3 is 2.43 bits per heavy atom. The van der Waals surface area contributed by atoms with E-state index in [0.29, 0.717) is 5.57 Å². The molecule has 0 spiro atoms. The van der Waals surface area contributed by atoms with Crippen molar-refractivity contribution in [1.29, 1.82) is 0 Å². The molecule has 14 heavy (non-hydrogen) atoms. The minimum absolute atomic E-state index is 0.0150. The summed E-state index contributed by atoms with van der Waals surface area (Å²) in [5, 5.41) is 9.62. The van der Waals surface area contributed by atoms with Crippen molar-refractivity contribution in [2.75, 3.05) is 0 Å². The molecule has 0 radical (unpaired) electrons. The van der Waals surface area contributed by atoms with Gasteiger partial charge in [0.15, 0.2) is 6.10 Å². The largest absolute Gasteiger partial charge is 0.507 e. The monoisotopic (exact) mass is 190 g/mol. The number of cyclic esters (lactones) is 1. The van der Waals surface area contributed by atoms with Crippen LogP contribution in [0.5, 0.6) is 0 Å². The van der Waals surface area contributed by atoms with Crippen molar-refractivity contribution in [1.82, 2.24) is 0 Å². The number of hydrogen-bond acceptors (Lipinski definition) is 3. The summed E-state index contributed by atoms with van der Waals surface area (Å²) in [7, 11) is 0. The second-order valence-electron chi connectivity index (χ2n) is 3.21. The van der Waals surface area contributed by atoms with E-state index >= 15 is 0 Å². The third-order valence-electron chi connectivity index (χ3n) is 2.27. The Balaban J connectivity index is 2.36. The molecule has 1 aromatic carbocycles. The van der Waals surface area contributed by atoms with Crippen LogP contribution in [0.4, 0.5) is 0 Å². The lowest BCUT2D eigenvalue weighted by molar-refractivity contribution is -0.140. The van der Waals surface area contributed by atoms with E-state index in [1.165, 1.54) is 0 Å². The van der Waals surface area contributed by atoms with Crippen molar-refractivity contribution in [2.45, 2.75) is 13.0 Å². The Morgan fingerprint density at radius 2 is 1.93 bits per heavy atom. The van der Waals surface area contributed by atoms with E-state index in [1.54, 1.807) is 6.92 Å². The van der Waals surface area contributed by atoms with Crippen LogP contribution >= 0.6 is 0 Å². The minimum Gasteiger partial charge on any atom is -0.507 e. The van der Waals surface area contributed by atoms with Gasteiger partial charge in [-0.1, -0.05) is 30.3 Å². The first kappa shape index (κ1) is 8.81. The Labute approximate surface area is 81.6 Å². The van der Waals surface area contributed by atoms with Crippen molar-refractivity contribution in [3.63, 3.8) is 0 Å². The van der Waals surface area contributed by atoms with Gasteiger partial charge in [0.2, 0.25) is 0 Å². The molecule has 1 aliphatic rings. The van der Waals surface area contributed by atoms with E-state index in [4.69, 9.17) is 4.74 Å². The number of ether oxygens (including phenoxy) is 1. The van der Waals surface area contributed by atoms with Gasteiger partial charge in [-0.05, 0) is 6.92 Å². The van der Waals surface area contributed by atoms with Crippen LogP contribution in [-0.4, -0.2) is 11.1 Å². The minimum atomic E-state index is -0.622. The normalized spacial score (nSPS) is 21.2. The van der Waals surface area contributed by atoms with Gasteiger partial charge in [-0.25, -0.2) is 4.79 Å². The van der Waals surface area contributed by atoms with Gasteiger partial charge in [-0.3, -0.25) is 0 Å². The van der Waals surface area contributed by atoms with E-state index in [9.17, 15) is 9.90 Å². The van der Waals surface area contributed by atoms with Gasteiger partial charge in [0, 0.05) is 5.56 Å². The summed E-state index contributed by atoms with van der Waals surface area (Å²) >= 11 is 0. The summed E-state index contributed by atoms with van der Waals surface area (Å²) in [6.45, 7) is 1.56. The fraction of sp³-hybridized carbons (Fsp3) is 0.182. The van der Waals surface area contributed by atoms with Gasteiger partial charge in [0.05, 0.1) is 5.57 Å². The Kier molecular flexibility index (Phi) is 2.00. The van der Waals surface area contributed by atoms with Gasteiger partial charge in [-0.2, -0.15) is 0 Å². The molecule has 0 aliphatic carbocycles. The highest BCUT2D eigenvalue weighted by Crippen LogP contribution is 2.32. The molecule has 0 amide bonds. The maximum absolute atomic E-state index is 11.1. The first-order chi connectivity index (χ1) is 6.70. The SMILES string of the molecule is CC1=C(O)[C@H](c2ccccc2)OC1=O. The average molecular weight is 190 g/mol. The van der Waals surface area contributed by atoms with Gasteiger partial charge in [0.1, 0.15) is 5.76 Å².